The number of rotatable bonds is 3. The minimum absolute atomic E-state index is 0.0639. The second-order valence-electron chi connectivity index (χ2n) is 6.98. The molecule has 5 heteroatoms. The van der Waals surface area contributed by atoms with E-state index in [-0.39, 0.29) is 11.8 Å². The highest BCUT2D eigenvalue weighted by atomic mass is 17.1. The SMILES string of the molecule is Cc1ccc(N2C(=O)C(OO)C(C3CCC(C)C3C)C2=O)cc1. The third-order valence-electron chi connectivity index (χ3n) is 5.69. The van der Waals surface area contributed by atoms with Crippen LogP contribution in [0.1, 0.15) is 32.3 Å². The van der Waals surface area contributed by atoms with Crippen molar-refractivity contribution < 1.29 is 19.7 Å². The number of imide groups is 1. The lowest BCUT2D eigenvalue weighted by Crippen LogP contribution is -2.34. The summed E-state index contributed by atoms with van der Waals surface area (Å²) in [5.41, 5.74) is 1.59. The molecular weight excluding hydrogens is 294 g/mol. The highest BCUT2D eigenvalue weighted by molar-refractivity contribution is 6.23. The largest absolute Gasteiger partial charge is 0.274 e. The van der Waals surface area contributed by atoms with Crippen LogP contribution < -0.4 is 4.90 Å². The number of nitrogens with zero attached hydrogens (tertiary/aromatic N) is 1. The highest BCUT2D eigenvalue weighted by Gasteiger charge is 2.55. The lowest BCUT2D eigenvalue weighted by Gasteiger charge is -2.25. The predicted octanol–water partition coefficient (Wildman–Crippen LogP) is 3.02. The van der Waals surface area contributed by atoms with E-state index in [0.717, 1.165) is 18.4 Å². The molecule has 5 nitrogen and oxygen atoms in total. The van der Waals surface area contributed by atoms with Gasteiger partial charge in [0.15, 0.2) is 6.10 Å². The molecule has 124 valence electrons. The number of carbonyl (C=O) groups is 2. The van der Waals surface area contributed by atoms with Crippen molar-refractivity contribution in [2.24, 2.45) is 23.7 Å². The first-order chi connectivity index (χ1) is 11.0. The molecule has 0 radical (unpaired) electrons. The predicted molar refractivity (Wildman–Crippen MR) is 85.7 cm³/mol. The van der Waals surface area contributed by atoms with E-state index in [1.165, 1.54) is 4.90 Å². The van der Waals surface area contributed by atoms with E-state index in [4.69, 9.17) is 0 Å². The Hall–Kier alpha value is -1.72. The maximum Gasteiger partial charge on any atom is 0.267 e. The summed E-state index contributed by atoms with van der Waals surface area (Å²) in [5, 5.41) is 9.25. The van der Waals surface area contributed by atoms with Gasteiger partial charge in [0.05, 0.1) is 11.6 Å². The van der Waals surface area contributed by atoms with Crippen LogP contribution in [0.25, 0.3) is 0 Å². The van der Waals surface area contributed by atoms with Gasteiger partial charge < -0.3 is 0 Å². The third kappa shape index (κ3) is 2.58. The summed E-state index contributed by atoms with van der Waals surface area (Å²) in [5.74, 6) is -0.437. The number of anilines is 1. The number of aryl methyl sites for hydroxylation is 1. The Morgan fingerprint density at radius 3 is 2.26 bits per heavy atom. The zero-order valence-electron chi connectivity index (χ0n) is 13.7. The van der Waals surface area contributed by atoms with Gasteiger partial charge in [0.2, 0.25) is 5.91 Å². The second kappa shape index (κ2) is 6.06. The van der Waals surface area contributed by atoms with Crippen molar-refractivity contribution in [3.63, 3.8) is 0 Å². The van der Waals surface area contributed by atoms with Crippen LogP contribution in [0, 0.1) is 30.6 Å². The molecule has 2 amide bonds. The zero-order valence-corrected chi connectivity index (χ0v) is 13.7. The second-order valence-corrected chi connectivity index (χ2v) is 6.98. The third-order valence-corrected chi connectivity index (χ3v) is 5.69. The molecule has 1 heterocycles. The molecule has 2 fully saturated rings. The minimum atomic E-state index is -1.10. The molecule has 2 aliphatic rings. The number of hydrogen-bond donors (Lipinski definition) is 1. The van der Waals surface area contributed by atoms with E-state index in [0.29, 0.717) is 17.5 Å². The molecule has 1 saturated carbocycles. The summed E-state index contributed by atoms with van der Waals surface area (Å²) in [6.07, 6.45) is 0.821. The van der Waals surface area contributed by atoms with Crippen LogP contribution in [0.15, 0.2) is 24.3 Å². The highest BCUT2D eigenvalue weighted by Crippen LogP contribution is 2.45. The molecular formula is C18H23NO4. The number of carbonyl (C=O) groups excluding carboxylic acids is 2. The van der Waals surface area contributed by atoms with E-state index < -0.39 is 17.9 Å². The smallest absolute Gasteiger partial charge is 0.267 e. The fourth-order valence-corrected chi connectivity index (χ4v) is 4.04. The van der Waals surface area contributed by atoms with Gasteiger partial charge in [0.25, 0.3) is 5.91 Å². The molecule has 1 aliphatic heterocycles. The molecule has 1 aliphatic carbocycles. The molecule has 0 spiro atoms. The Bertz CT molecular complexity index is 612. The van der Waals surface area contributed by atoms with Gasteiger partial charge in [-0.05, 0) is 43.2 Å². The quantitative estimate of drug-likeness (QED) is 0.528. The molecule has 5 unspecified atom stereocenters. The van der Waals surface area contributed by atoms with Crippen LogP contribution in [0.2, 0.25) is 0 Å². The van der Waals surface area contributed by atoms with Crippen LogP contribution in [0.3, 0.4) is 0 Å². The van der Waals surface area contributed by atoms with Gasteiger partial charge in [0, 0.05) is 0 Å². The molecule has 1 aromatic rings. The van der Waals surface area contributed by atoms with Crippen molar-refractivity contribution in [1.82, 2.24) is 0 Å². The number of hydrogen-bond acceptors (Lipinski definition) is 4. The van der Waals surface area contributed by atoms with Crippen LogP contribution in [0.5, 0.6) is 0 Å². The van der Waals surface area contributed by atoms with E-state index >= 15 is 0 Å². The van der Waals surface area contributed by atoms with Crippen molar-refractivity contribution in [2.45, 2.75) is 39.7 Å². The van der Waals surface area contributed by atoms with Crippen molar-refractivity contribution in [3.8, 4) is 0 Å². The summed E-state index contributed by atoms with van der Waals surface area (Å²) in [7, 11) is 0. The van der Waals surface area contributed by atoms with Gasteiger partial charge in [-0.25, -0.2) is 9.79 Å². The first-order valence-corrected chi connectivity index (χ1v) is 8.20. The van der Waals surface area contributed by atoms with Crippen LogP contribution >= 0.6 is 0 Å². The van der Waals surface area contributed by atoms with Gasteiger partial charge in [-0.2, -0.15) is 0 Å². The summed E-state index contributed by atoms with van der Waals surface area (Å²) >= 11 is 0. The maximum absolute atomic E-state index is 12.9. The minimum Gasteiger partial charge on any atom is -0.274 e. The van der Waals surface area contributed by atoms with Gasteiger partial charge in [-0.3, -0.25) is 14.8 Å². The number of benzene rings is 1. The Morgan fingerprint density at radius 1 is 1.09 bits per heavy atom. The van der Waals surface area contributed by atoms with Crippen LogP contribution in [0.4, 0.5) is 5.69 Å². The van der Waals surface area contributed by atoms with Gasteiger partial charge in [-0.15, -0.1) is 0 Å². The van der Waals surface area contributed by atoms with Gasteiger partial charge in [0.1, 0.15) is 0 Å². The van der Waals surface area contributed by atoms with E-state index in [9.17, 15) is 14.8 Å². The van der Waals surface area contributed by atoms with Gasteiger partial charge >= 0.3 is 0 Å². The van der Waals surface area contributed by atoms with E-state index in [2.05, 4.69) is 18.7 Å². The Morgan fingerprint density at radius 2 is 1.74 bits per heavy atom. The van der Waals surface area contributed by atoms with E-state index in [1.807, 2.05) is 19.1 Å². The summed E-state index contributed by atoms with van der Waals surface area (Å²) in [6.45, 7) is 6.23. The molecule has 0 bridgehead atoms. The Kier molecular flexibility index (Phi) is 4.25. The summed E-state index contributed by atoms with van der Waals surface area (Å²) < 4.78 is 0. The van der Waals surface area contributed by atoms with Crippen molar-refractivity contribution in [1.29, 1.82) is 0 Å². The van der Waals surface area contributed by atoms with Crippen LogP contribution in [-0.2, 0) is 14.5 Å². The average Bonchev–Trinajstić information content (AvgIpc) is 2.98. The molecule has 1 N–H and O–H groups in total. The average molecular weight is 317 g/mol. The van der Waals surface area contributed by atoms with E-state index in [1.54, 1.807) is 12.1 Å². The summed E-state index contributed by atoms with van der Waals surface area (Å²) in [6, 6.07) is 7.22. The molecule has 0 aromatic heterocycles. The lowest BCUT2D eigenvalue weighted by atomic mass is 9.80. The molecule has 23 heavy (non-hydrogen) atoms. The molecule has 3 rings (SSSR count). The molecule has 1 saturated heterocycles. The van der Waals surface area contributed by atoms with Gasteiger partial charge in [-0.1, -0.05) is 38.0 Å². The Labute approximate surface area is 136 Å². The standard InChI is InChI=1S/C18H23NO4/c1-10-4-7-13(8-5-10)19-17(20)15(16(23-22)18(19)21)14-9-6-11(2)12(14)3/h4-5,7-8,11-12,14-16,22H,6,9H2,1-3H3. The normalized spacial score (nSPS) is 34.4. The first kappa shape index (κ1) is 16.1. The maximum atomic E-state index is 12.9. The monoisotopic (exact) mass is 317 g/mol. The summed E-state index contributed by atoms with van der Waals surface area (Å²) in [4.78, 5) is 31.2. The van der Waals surface area contributed by atoms with Crippen molar-refractivity contribution in [2.75, 3.05) is 4.90 Å². The topological polar surface area (TPSA) is 66.8 Å². The molecule has 1 aromatic carbocycles. The van der Waals surface area contributed by atoms with Crippen molar-refractivity contribution >= 4 is 17.5 Å². The first-order valence-electron chi connectivity index (χ1n) is 8.20. The number of amides is 2. The zero-order chi connectivity index (χ0) is 16.7. The fourth-order valence-electron chi connectivity index (χ4n) is 4.04. The van der Waals surface area contributed by atoms with Crippen molar-refractivity contribution in [3.05, 3.63) is 29.8 Å². The fraction of sp³-hybridized carbons (Fsp3) is 0.556. The Balaban J connectivity index is 1.94. The molecule has 5 atom stereocenters. The lowest BCUT2D eigenvalue weighted by molar-refractivity contribution is -0.279. The van der Waals surface area contributed by atoms with Crippen LogP contribution in [-0.4, -0.2) is 23.2 Å².